The molecule has 2 aromatic rings. The van der Waals surface area contributed by atoms with Crippen LogP contribution in [0, 0.1) is 11.3 Å². The van der Waals surface area contributed by atoms with Gasteiger partial charge in [-0.2, -0.15) is 5.26 Å². The van der Waals surface area contributed by atoms with Gasteiger partial charge in [0.2, 0.25) is 0 Å². The van der Waals surface area contributed by atoms with E-state index in [1.807, 2.05) is 12.1 Å². The molecule has 0 bridgehead atoms. The summed E-state index contributed by atoms with van der Waals surface area (Å²) in [5.74, 6) is 0. The monoisotopic (exact) mass is 318 g/mol. The molecule has 1 fully saturated rings. The fourth-order valence-electron chi connectivity index (χ4n) is 3.90. The summed E-state index contributed by atoms with van der Waals surface area (Å²) in [5.41, 5.74) is 4.43. The normalized spacial score (nSPS) is 20.6. The molecule has 24 heavy (non-hydrogen) atoms. The summed E-state index contributed by atoms with van der Waals surface area (Å²) in [6.07, 6.45) is 4.25. The van der Waals surface area contributed by atoms with Crippen molar-refractivity contribution in [2.45, 2.75) is 43.9 Å². The van der Waals surface area contributed by atoms with Gasteiger partial charge in [0.15, 0.2) is 0 Å². The zero-order valence-electron chi connectivity index (χ0n) is 13.7. The van der Waals surface area contributed by atoms with E-state index in [4.69, 9.17) is 5.26 Å². The molecule has 0 aromatic heterocycles. The molecule has 1 saturated carbocycles. The SMILES string of the molecule is N#Cc1ccc(C(O)CN(C2CC2)C2CCc3ccccc32)cc1. The van der Waals surface area contributed by atoms with Crippen LogP contribution in [0.4, 0.5) is 0 Å². The van der Waals surface area contributed by atoms with Gasteiger partial charge in [0.05, 0.1) is 17.7 Å². The highest BCUT2D eigenvalue weighted by Gasteiger charge is 2.38. The van der Waals surface area contributed by atoms with Crippen LogP contribution in [0.3, 0.4) is 0 Å². The summed E-state index contributed by atoms with van der Waals surface area (Å²) >= 11 is 0. The van der Waals surface area contributed by atoms with Gasteiger partial charge >= 0.3 is 0 Å². The maximum Gasteiger partial charge on any atom is 0.0991 e. The summed E-state index contributed by atoms with van der Waals surface area (Å²) < 4.78 is 0. The number of hydrogen-bond donors (Lipinski definition) is 1. The molecular formula is C21H22N2O. The number of aliphatic hydroxyl groups is 1. The molecule has 1 N–H and O–H groups in total. The van der Waals surface area contributed by atoms with Crippen LogP contribution in [0.15, 0.2) is 48.5 Å². The molecule has 122 valence electrons. The van der Waals surface area contributed by atoms with Crippen LogP contribution < -0.4 is 0 Å². The molecule has 2 atom stereocenters. The number of rotatable bonds is 5. The van der Waals surface area contributed by atoms with Crippen LogP contribution in [0.25, 0.3) is 0 Å². The Hall–Kier alpha value is -2.15. The number of benzene rings is 2. The summed E-state index contributed by atoms with van der Waals surface area (Å²) in [7, 11) is 0. The maximum absolute atomic E-state index is 10.7. The second kappa shape index (κ2) is 6.39. The van der Waals surface area contributed by atoms with E-state index in [1.165, 1.54) is 24.0 Å². The van der Waals surface area contributed by atoms with Crippen molar-refractivity contribution in [3.05, 3.63) is 70.8 Å². The number of aliphatic hydroxyl groups excluding tert-OH is 1. The van der Waals surface area contributed by atoms with E-state index in [-0.39, 0.29) is 0 Å². The summed E-state index contributed by atoms with van der Waals surface area (Å²) in [4.78, 5) is 2.51. The largest absolute Gasteiger partial charge is 0.387 e. The van der Waals surface area contributed by atoms with Gasteiger partial charge in [0.25, 0.3) is 0 Å². The zero-order valence-corrected chi connectivity index (χ0v) is 13.7. The topological polar surface area (TPSA) is 47.3 Å². The molecule has 0 heterocycles. The molecule has 0 radical (unpaired) electrons. The Balaban J connectivity index is 1.53. The van der Waals surface area contributed by atoms with Gasteiger partial charge in [-0.3, -0.25) is 4.90 Å². The molecule has 4 rings (SSSR count). The fourth-order valence-corrected chi connectivity index (χ4v) is 3.90. The van der Waals surface area contributed by atoms with E-state index in [2.05, 4.69) is 35.2 Å². The summed E-state index contributed by atoms with van der Waals surface area (Å²) in [6.45, 7) is 0.662. The summed E-state index contributed by atoms with van der Waals surface area (Å²) in [6, 6.07) is 19.2. The van der Waals surface area contributed by atoms with Gasteiger partial charge in [-0.1, -0.05) is 36.4 Å². The highest BCUT2D eigenvalue weighted by atomic mass is 16.3. The van der Waals surface area contributed by atoms with Gasteiger partial charge in [-0.05, 0) is 54.5 Å². The van der Waals surface area contributed by atoms with Gasteiger partial charge in [0, 0.05) is 18.6 Å². The van der Waals surface area contributed by atoms with Crippen molar-refractivity contribution in [1.82, 2.24) is 4.90 Å². The molecular weight excluding hydrogens is 296 g/mol. The molecule has 0 spiro atoms. The van der Waals surface area contributed by atoms with Crippen molar-refractivity contribution < 1.29 is 5.11 Å². The maximum atomic E-state index is 10.7. The van der Waals surface area contributed by atoms with E-state index >= 15 is 0 Å². The predicted molar refractivity (Wildman–Crippen MR) is 93.3 cm³/mol. The first-order valence-corrected chi connectivity index (χ1v) is 8.78. The van der Waals surface area contributed by atoms with E-state index in [0.717, 1.165) is 18.4 Å². The molecule has 2 unspecified atom stereocenters. The zero-order chi connectivity index (χ0) is 16.5. The van der Waals surface area contributed by atoms with Crippen molar-refractivity contribution in [1.29, 1.82) is 5.26 Å². The molecule has 2 aromatic carbocycles. The lowest BCUT2D eigenvalue weighted by molar-refractivity contribution is 0.0805. The van der Waals surface area contributed by atoms with Gasteiger partial charge < -0.3 is 5.11 Å². The lowest BCUT2D eigenvalue weighted by Crippen LogP contribution is -2.33. The number of fused-ring (bicyclic) bond motifs is 1. The van der Waals surface area contributed by atoms with Gasteiger partial charge in [-0.15, -0.1) is 0 Å². The van der Waals surface area contributed by atoms with Gasteiger partial charge in [0.1, 0.15) is 0 Å². The van der Waals surface area contributed by atoms with Crippen molar-refractivity contribution in [2.24, 2.45) is 0 Å². The van der Waals surface area contributed by atoms with Crippen LogP contribution in [0.5, 0.6) is 0 Å². The third-order valence-corrected chi connectivity index (χ3v) is 5.33. The highest BCUT2D eigenvalue weighted by molar-refractivity contribution is 5.35. The van der Waals surface area contributed by atoms with Crippen LogP contribution in [-0.4, -0.2) is 22.6 Å². The van der Waals surface area contributed by atoms with E-state index in [1.54, 1.807) is 12.1 Å². The Morgan fingerprint density at radius 3 is 2.54 bits per heavy atom. The van der Waals surface area contributed by atoms with Crippen molar-refractivity contribution in [2.75, 3.05) is 6.54 Å². The van der Waals surface area contributed by atoms with E-state index in [9.17, 15) is 5.11 Å². The van der Waals surface area contributed by atoms with Crippen LogP contribution >= 0.6 is 0 Å². The lowest BCUT2D eigenvalue weighted by Gasteiger charge is -2.31. The van der Waals surface area contributed by atoms with Gasteiger partial charge in [-0.25, -0.2) is 0 Å². The highest BCUT2D eigenvalue weighted by Crippen LogP contribution is 2.42. The first kappa shape index (κ1) is 15.4. The number of nitriles is 1. The minimum absolute atomic E-state index is 0.432. The quantitative estimate of drug-likeness (QED) is 0.913. The minimum atomic E-state index is -0.508. The predicted octanol–water partition coefficient (Wildman–Crippen LogP) is 3.74. The third kappa shape index (κ3) is 2.96. The molecule has 2 aliphatic rings. The standard InChI is InChI=1S/C21H22N2O/c22-13-15-5-7-17(8-6-15)21(24)14-23(18-10-11-18)20-12-9-16-3-1-2-4-19(16)20/h1-8,18,20-21,24H,9-12,14H2. The number of hydrogen-bond acceptors (Lipinski definition) is 3. The third-order valence-electron chi connectivity index (χ3n) is 5.33. The lowest BCUT2D eigenvalue weighted by atomic mass is 10.0. The first-order valence-electron chi connectivity index (χ1n) is 8.78. The Bertz CT molecular complexity index is 758. The molecule has 2 aliphatic carbocycles. The molecule has 0 aliphatic heterocycles. The van der Waals surface area contributed by atoms with Crippen LogP contribution in [-0.2, 0) is 6.42 Å². The van der Waals surface area contributed by atoms with Crippen molar-refractivity contribution in [3.8, 4) is 6.07 Å². The Kier molecular flexibility index (Phi) is 4.10. The summed E-state index contributed by atoms with van der Waals surface area (Å²) in [5, 5.41) is 19.6. The molecule has 0 amide bonds. The van der Waals surface area contributed by atoms with Crippen LogP contribution in [0.1, 0.15) is 53.7 Å². The Morgan fingerprint density at radius 1 is 1.08 bits per heavy atom. The fraction of sp³-hybridized carbons (Fsp3) is 0.381. The number of aryl methyl sites for hydroxylation is 1. The minimum Gasteiger partial charge on any atom is -0.387 e. The average molecular weight is 318 g/mol. The smallest absolute Gasteiger partial charge is 0.0991 e. The van der Waals surface area contributed by atoms with E-state index < -0.39 is 6.10 Å². The van der Waals surface area contributed by atoms with E-state index in [0.29, 0.717) is 24.2 Å². The van der Waals surface area contributed by atoms with Crippen molar-refractivity contribution in [3.63, 3.8) is 0 Å². The second-order valence-corrected chi connectivity index (χ2v) is 6.93. The van der Waals surface area contributed by atoms with Crippen LogP contribution in [0.2, 0.25) is 0 Å². The molecule has 3 nitrogen and oxygen atoms in total. The molecule has 0 saturated heterocycles. The Morgan fingerprint density at radius 2 is 1.83 bits per heavy atom. The average Bonchev–Trinajstić information content (AvgIpc) is 3.39. The Labute approximate surface area is 143 Å². The second-order valence-electron chi connectivity index (χ2n) is 6.93. The molecule has 3 heteroatoms. The number of nitrogens with zero attached hydrogens (tertiary/aromatic N) is 2. The van der Waals surface area contributed by atoms with Crippen molar-refractivity contribution >= 4 is 0 Å². The first-order chi connectivity index (χ1) is 11.8.